The Labute approximate surface area is 201 Å². The van der Waals surface area contributed by atoms with Crippen LogP contribution in [0.15, 0.2) is 36.4 Å². The first-order chi connectivity index (χ1) is 15.5. The number of carbonyl (C=O) groups is 1. The lowest BCUT2D eigenvalue weighted by molar-refractivity contribution is -0.141. The second-order valence-corrected chi connectivity index (χ2v) is 8.00. The van der Waals surface area contributed by atoms with Crippen LogP contribution in [0.2, 0.25) is 5.02 Å². The minimum Gasteiger partial charge on any atom is -0.495 e. The molecule has 1 fully saturated rings. The molecule has 1 aromatic heterocycles. The molecule has 0 saturated carbocycles. The van der Waals surface area contributed by atoms with Crippen molar-refractivity contribution in [3.8, 4) is 17.2 Å². The van der Waals surface area contributed by atoms with Crippen molar-refractivity contribution in [2.45, 2.75) is 6.10 Å². The number of nitrogens with zero attached hydrogens (tertiary/aromatic N) is 4. The molecule has 1 atom stereocenters. The van der Waals surface area contributed by atoms with Gasteiger partial charge in [-0.3, -0.25) is 4.79 Å². The van der Waals surface area contributed by atoms with Gasteiger partial charge in [-0.05, 0) is 18.2 Å². The summed E-state index contributed by atoms with van der Waals surface area (Å²) in [6.45, 7) is 2.39. The summed E-state index contributed by atoms with van der Waals surface area (Å²) in [5, 5.41) is 1.12. The topological polar surface area (TPSA) is 103 Å². The van der Waals surface area contributed by atoms with Crippen molar-refractivity contribution in [1.29, 1.82) is 0 Å². The molecule has 2 N–H and O–H groups in total. The molecule has 0 spiro atoms. The minimum atomic E-state index is -0.652. The van der Waals surface area contributed by atoms with Gasteiger partial charge in [0.2, 0.25) is 12.1 Å². The third-order valence-electron chi connectivity index (χ3n) is 5.65. The Kier molecular flexibility index (Phi) is 6.53. The van der Waals surface area contributed by atoms with Crippen LogP contribution in [0.25, 0.3) is 10.9 Å². The van der Waals surface area contributed by atoms with Gasteiger partial charge in [-0.2, -0.15) is 4.98 Å². The minimum absolute atomic E-state index is 0. The number of hydrogen-bond donors (Lipinski definition) is 1. The summed E-state index contributed by atoms with van der Waals surface area (Å²) in [6, 6.07) is 10.8. The van der Waals surface area contributed by atoms with Gasteiger partial charge in [0.05, 0.1) is 17.6 Å². The fourth-order valence-electron chi connectivity index (χ4n) is 3.91. The van der Waals surface area contributed by atoms with E-state index in [1.54, 1.807) is 30.2 Å². The van der Waals surface area contributed by atoms with Crippen molar-refractivity contribution in [3.05, 3.63) is 41.4 Å². The number of amides is 1. The van der Waals surface area contributed by atoms with Crippen molar-refractivity contribution < 1.29 is 19.0 Å². The zero-order valence-electron chi connectivity index (χ0n) is 17.9. The van der Waals surface area contributed by atoms with Crippen molar-refractivity contribution in [3.63, 3.8) is 0 Å². The number of ether oxygens (including phenoxy) is 3. The molecule has 1 unspecified atom stereocenters. The maximum absolute atomic E-state index is 13.0. The van der Waals surface area contributed by atoms with Gasteiger partial charge in [0.25, 0.3) is 5.91 Å². The number of carbonyl (C=O) groups excluding carboxylic acids is 1. The molecule has 33 heavy (non-hydrogen) atoms. The van der Waals surface area contributed by atoms with E-state index in [2.05, 4.69) is 9.97 Å². The van der Waals surface area contributed by atoms with E-state index in [-0.39, 0.29) is 24.9 Å². The monoisotopic (exact) mass is 491 g/mol. The van der Waals surface area contributed by atoms with Crippen LogP contribution in [-0.2, 0) is 4.79 Å². The second-order valence-electron chi connectivity index (χ2n) is 7.59. The lowest BCUT2D eigenvalue weighted by Gasteiger charge is -2.37. The van der Waals surface area contributed by atoms with E-state index < -0.39 is 6.10 Å². The largest absolute Gasteiger partial charge is 0.495 e. The molecule has 3 aromatic rings. The van der Waals surface area contributed by atoms with E-state index >= 15 is 0 Å². The normalized spacial score (nSPS) is 17.5. The number of para-hydroxylation sites is 2. The van der Waals surface area contributed by atoms with Crippen LogP contribution >= 0.6 is 24.0 Å². The number of halogens is 2. The molecule has 0 bridgehead atoms. The van der Waals surface area contributed by atoms with E-state index in [4.69, 9.17) is 31.5 Å². The number of nitrogen functional groups attached to an aromatic ring is 1. The highest BCUT2D eigenvalue weighted by molar-refractivity contribution is 6.33. The molecule has 11 heteroatoms. The third kappa shape index (κ3) is 4.38. The quantitative estimate of drug-likeness (QED) is 0.596. The van der Waals surface area contributed by atoms with E-state index in [9.17, 15) is 4.79 Å². The molecular formula is C22H23Cl2N5O4. The van der Waals surface area contributed by atoms with Crippen LogP contribution < -0.4 is 24.8 Å². The predicted octanol–water partition coefficient (Wildman–Crippen LogP) is 2.78. The fraction of sp³-hybridized carbons (Fsp3) is 0.318. The smallest absolute Gasteiger partial charge is 0.267 e. The number of anilines is 2. The highest BCUT2D eigenvalue weighted by Gasteiger charge is 2.33. The van der Waals surface area contributed by atoms with Gasteiger partial charge in [-0.15, -0.1) is 12.4 Å². The van der Waals surface area contributed by atoms with Crippen LogP contribution in [0, 0.1) is 0 Å². The molecule has 2 aromatic carbocycles. The number of benzene rings is 2. The lowest BCUT2D eigenvalue weighted by atomic mass is 10.2. The van der Waals surface area contributed by atoms with Crippen LogP contribution in [0.3, 0.4) is 0 Å². The highest BCUT2D eigenvalue weighted by Crippen LogP contribution is 2.33. The van der Waals surface area contributed by atoms with Gasteiger partial charge in [0.15, 0.2) is 11.5 Å². The first kappa shape index (κ1) is 23.0. The summed E-state index contributed by atoms with van der Waals surface area (Å²) in [4.78, 5) is 25.8. The number of rotatable bonds is 3. The van der Waals surface area contributed by atoms with Gasteiger partial charge < -0.3 is 29.7 Å². The van der Waals surface area contributed by atoms with Gasteiger partial charge in [-0.25, -0.2) is 4.98 Å². The maximum Gasteiger partial charge on any atom is 0.267 e. The summed E-state index contributed by atoms with van der Waals surface area (Å²) in [5.74, 6) is 2.54. The standard InChI is InChI=1S/C22H22ClN5O4.ClH/c1-30-18-11-15-13(10-14(18)23)20(24)26-22(25-15)28-8-6-27(7-9-28)21(29)19-12-31-16-4-2-3-5-17(16)32-19;/h2-5,10-11,19H,6-9,12H2,1H3,(H2,24,25,26);1H. The highest BCUT2D eigenvalue weighted by atomic mass is 35.5. The Balaban J connectivity index is 0.00000259. The molecule has 2 aliphatic rings. The second kappa shape index (κ2) is 9.36. The summed E-state index contributed by atoms with van der Waals surface area (Å²) in [6.07, 6.45) is -0.652. The first-order valence-corrected chi connectivity index (χ1v) is 10.6. The van der Waals surface area contributed by atoms with Crippen LogP contribution in [0.1, 0.15) is 0 Å². The number of hydrogen-bond acceptors (Lipinski definition) is 8. The molecular weight excluding hydrogens is 469 g/mol. The van der Waals surface area contributed by atoms with E-state index in [0.29, 0.717) is 71.1 Å². The molecule has 1 amide bonds. The average molecular weight is 492 g/mol. The zero-order chi connectivity index (χ0) is 22.2. The molecule has 174 valence electrons. The van der Waals surface area contributed by atoms with Crippen LogP contribution in [0.4, 0.5) is 11.8 Å². The Morgan fingerprint density at radius 1 is 1.15 bits per heavy atom. The number of aromatic nitrogens is 2. The zero-order valence-corrected chi connectivity index (χ0v) is 19.4. The average Bonchev–Trinajstić information content (AvgIpc) is 2.83. The van der Waals surface area contributed by atoms with E-state index in [1.807, 2.05) is 23.1 Å². The molecule has 0 aliphatic carbocycles. The van der Waals surface area contributed by atoms with Crippen LogP contribution in [-0.4, -0.2) is 66.8 Å². The van der Waals surface area contributed by atoms with Gasteiger partial charge in [0, 0.05) is 37.6 Å². The Morgan fingerprint density at radius 3 is 2.61 bits per heavy atom. The summed E-state index contributed by atoms with van der Waals surface area (Å²) in [7, 11) is 1.55. The first-order valence-electron chi connectivity index (χ1n) is 10.3. The number of piperazine rings is 1. The molecule has 0 radical (unpaired) electrons. The molecule has 2 aliphatic heterocycles. The summed E-state index contributed by atoms with van der Waals surface area (Å²) in [5.41, 5.74) is 6.82. The summed E-state index contributed by atoms with van der Waals surface area (Å²) < 4.78 is 16.8. The van der Waals surface area contributed by atoms with Crippen molar-refractivity contribution in [2.75, 3.05) is 50.5 Å². The molecule has 1 saturated heterocycles. The van der Waals surface area contributed by atoms with Crippen molar-refractivity contribution in [2.24, 2.45) is 0 Å². The third-order valence-corrected chi connectivity index (χ3v) is 5.94. The molecule has 3 heterocycles. The fourth-order valence-corrected chi connectivity index (χ4v) is 4.15. The van der Waals surface area contributed by atoms with Crippen LogP contribution in [0.5, 0.6) is 17.2 Å². The molecule has 9 nitrogen and oxygen atoms in total. The number of nitrogens with two attached hydrogens (primary N) is 1. The number of methoxy groups -OCH3 is 1. The molecule has 5 rings (SSSR count). The van der Waals surface area contributed by atoms with E-state index in [0.717, 1.165) is 0 Å². The summed E-state index contributed by atoms with van der Waals surface area (Å²) >= 11 is 6.20. The van der Waals surface area contributed by atoms with Crippen molar-refractivity contribution in [1.82, 2.24) is 14.9 Å². The van der Waals surface area contributed by atoms with Gasteiger partial charge in [-0.1, -0.05) is 23.7 Å². The van der Waals surface area contributed by atoms with Gasteiger partial charge in [0.1, 0.15) is 18.2 Å². The van der Waals surface area contributed by atoms with Gasteiger partial charge >= 0.3 is 0 Å². The predicted molar refractivity (Wildman–Crippen MR) is 128 cm³/mol. The van der Waals surface area contributed by atoms with E-state index in [1.165, 1.54) is 0 Å². The van der Waals surface area contributed by atoms with Crippen molar-refractivity contribution >= 4 is 52.6 Å². The Bertz CT molecular complexity index is 1190. The SMILES string of the molecule is COc1cc2nc(N3CCN(C(=O)C4COc5ccccc5O4)CC3)nc(N)c2cc1Cl.Cl. The Morgan fingerprint density at radius 2 is 1.88 bits per heavy atom. The maximum atomic E-state index is 13.0. The Hall–Kier alpha value is -3.17. The lowest BCUT2D eigenvalue weighted by Crippen LogP contribution is -2.54. The number of fused-ring (bicyclic) bond motifs is 2.